The molecular formula is C8H7ClN2S2. The van der Waals surface area contributed by atoms with Crippen molar-refractivity contribution in [2.45, 2.75) is 6.92 Å². The van der Waals surface area contributed by atoms with E-state index in [9.17, 15) is 0 Å². The second-order valence-electron chi connectivity index (χ2n) is 2.56. The summed E-state index contributed by atoms with van der Waals surface area (Å²) < 4.78 is 0.779. The van der Waals surface area contributed by atoms with Crippen molar-refractivity contribution in [3.8, 4) is 10.6 Å². The fourth-order valence-electron chi connectivity index (χ4n) is 1.09. The molecule has 0 fully saturated rings. The van der Waals surface area contributed by atoms with Gasteiger partial charge < -0.3 is 5.73 Å². The minimum absolute atomic E-state index is 0.608. The van der Waals surface area contributed by atoms with E-state index in [1.165, 1.54) is 22.7 Å². The van der Waals surface area contributed by atoms with Crippen LogP contribution in [-0.4, -0.2) is 4.98 Å². The van der Waals surface area contributed by atoms with Crippen molar-refractivity contribution in [1.29, 1.82) is 0 Å². The topological polar surface area (TPSA) is 38.9 Å². The summed E-state index contributed by atoms with van der Waals surface area (Å²) >= 11 is 8.86. The molecule has 0 saturated heterocycles. The van der Waals surface area contributed by atoms with Crippen LogP contribution in [0.25, 0.3) is 10.6 Å². The van der Waals surface area contributed by atoms with E-state index in [1.807, 2.05) is 19.1 Å². The van der Waals surface area contributed by atoms with E-state index in [4.69, 9.17) is 17.3 Å². The number of rotatable bonds is 1. The summed E-state index contributed by atoms with van der Waals surface area (Å²) in [4.78, 5) is 6.46. The molecule has 2 N–H and O–H groups in total. The maximum Gasteiger partial charge on any atom is 0.180 e. The highest BCUT2D eigenvalue weighted by Crippen LogP contribution is 2.35. The molecule has 0 aliphatic heterocycles. The molecule has 0 bridgehead atoms. The number of aryl methyl sites for hydroxylation is 1. The first kappa shape index (κ1) is 8.99. The lowest BCUT2D eigenvalue weighted by Gasteiger charge is -1.90. The van der Waals surface area contributed by atoms with Gasteiger partial charge in [-0.15, -0.1) is 22.7 Å². The van der Waals surface area contributed by atoms with Crippen molar-refractivity contribution in [3.63, 3.8) is 0 Å². The Balaban J connectivity index is 2.51. The van der Waals surface area contributed by atoms with E-state index in [0.717, 1.165) is 19.8 Å². The highest BCUT2D eigenvalue weighted by molar-refractivity contribution is 7.20. The smallest absolute Gasteiger partial charge is 0.180 e. The van der Waals surface area contributed by atoms with E-state index < -0.39 is 0 Å². The normalized spacial score (nSPS) is 10.6. The van der Waals surface area contributed by atoms with Crippen molar-refractivity contribution >= 4 is 39.4 Å². The third kappa shape index (κ3) is 1.70. The zero-order valence-electron chi connectivity index (χ0n) is 6.87. The van der Waals surface area contributed by atoms with Gasteiger partial charge in [0.25, 0.3) is 0 Å². The van der Waals surface area contributed by atoms with Crippen LogP contribution in [0.1, 0.15) is 4.88 Å². The van der Waals surface area contributed by atoms with Crippen molar-refractivity contribution in [2.24, 2.45) is 0 Å². The first-order chi connectivity index (χ1) is 6.16. The van der Waals surface area contributed by atoms with Crippen molar-refractivity contribution in [3.05, 3.63) is 21.3 Å². The maximum atomic E-state index is 5.83. The molecule has 0 aliphatic carbocycles. The number of nitrogens with two attached hydrogens (primary N) is 1. The molecule has 0 radical (unpaired) electrons. The molecule has 2 rings (SSSR count). The number of thiazole rings is 1. The third-order valence-corrected chi connectivity index (χ3v) is 3.66. The van der Waals surface area contributed by atoms with Crippen LogP contribution >= 0.6 is 34.3 Å². The molecule has 2 nitrogen and oxygen atoms in total. The van der Waals surface area contributed by atoms with Gasteiger partial charge in [0.1, 0.15) is 0 Å². The minimum Gasteiger partial charge on any atom is -0.375 e. The molecule has 13 heavy (non-hydrogen) atoms. The number of aromatic nitrogens is 1. The summed E-state index contributed by atoms with van der Waals surface area (Å²) in [7, 11) is 0. The number of hydrogen-bond acceptors (Lipinski definition) is 4. The Morgan fingerprint density at radius 2 is 2.15 bits per heavy atom. The van der Waals surface area contributed by atoms with E-state index in [1.54, 1.807) is 0 Å². The van der Waals surface area contributed by atoms with Crippen molar-refractivity contribution < 1.29 is 0 Å². The first-order valence-corrected chi connectivity index (χ1v) is 5.66. The standard InChI is InChI=1S/C8H7ClN2S2/c1-4-7(11-8(10)12-4)5-2-3-6(9)13-5/h2-3H,1H3,(H2,10,11). The van der Waals surface area contributed by atoms with Gasteiger partial charge in [-0.3, -0.25) is 0 Å². The average Bonchev–Trinajstić information content (AvgIpc) is 2.58. The van der Waals surface area contributed by atoms with Crippen molar-refractivity contribution in [1.82, 2.24) is 4.98 Å². The van der Waals surface area contributed by atoms with Crippen LogP contribution in [0.4, 0.5) is 5.13 Å². The number of anilines is 1. The summed E-state index contributed by atoms with van der Waals surface area (Å²) in [6, 6.07) is 3.84. The lowest BCUT2D eigenvalue weighted by molar-refractivity contribution is 1.40. The van der Waals surface area contributed by atoms with E-state index in [2.05, 4.69) is 4.98 Å². The monoisotopic (exact) mass is 230 g/mol. The van der Waals surface area contributed by atoms with E-state index in [0.29, 0.717) is 5.13 Å². The van der Waals surface area contributed by atoms with Gasteiger partial charge >= 0.3 is 0 Å². The van der Waals surface area contributed by atoms with Gasteiger partial charge in [-0.25, -0.2) is 4.98 Å². The van der Waals surface area contributed by atoms with Gasteiger partial charge in [0.05, 0.1) is 14.9 Å². The van der Waals surface area contributed by atoms with Gasteiger partial charge in [-0.1, -0.05) is 11.6 Å². The fourth-order valence-corrected chi connectivity index (χ4v) is 2.94. The molecule has 0 saturated carbocycles. The quantitative estimate of drug-likeness (QED) is 0.816. The van der Waals surface area contributed by atoms with Gasteiger partial charge in [-0.05, 0) is 19.1 Å². The molecule has 0 aliphatic rings. The minimum atomic E-state index is 0.608. The Morgan fingerprint density at radius 1 is 1.38 bits per heavy atom. The van der Waals surface area contributed by atoms with Crippen LogP contribution in [-0.2, 0) is 0 Å². The number of nitrogen functional groups attached to an aromatic ring is 1. The number of hydrogen-bond donors (Lipinski definition) is 1. The zero-order valence-corrected chi connectivity index (χ0v) is 9.26. The summed E-state index contributed by atoms with van der Waals surface area (Å²) in [5.41, 5.74) is 6.56. The van der Waals surface area contributed by atoms with Gasteiger partial charge in [0, 0.05) is 4.88 Å². The van der Waals surface area contributed by atoms with Crippen molar-refractivity contribution in [2.75, 3.05) is 5.73 Å². The van der Waals surface area contributed by atoms with Crippen LogP contribution in [0.5, 0.6) is 0 Å². The SMILES string of the molecule is Cc1sc(N)nc1-c1ccc(Cl)s1. The predicted molar refractivity (Wildman–Crippen MR) is 59.6 cm³/mol. The Morgan fingerprint density at radius 3 is 2.62 bits per heavy atom. The van der Waals surface area contributed by atoms with Crippen LogP contribution in [0.2, 0.25) is 4.34 Å². The molecule has 0 amide bonds. The fraction of sp³-hybridized carbons (Fsp3) is 0.125. The molecular weight excluding hydrogens is 224 g/mol. The van der Waals surface area contributed by atoms with E-state index >= 15 is 0 Å². The predicted octanol–water partition coefficient (Wildman–Crippen LogP) is 3.42. The molecule has 0 atom stereocenters. The molecule has 2 heterocycles. The van der Waals surface area contributed by atoms with Crippen LogP contribution in [0, 0.1) is 6.92 Å². The molecule has 0 unspecified atom stereocenters. The Labute approximate surface area is 89.0 Å². The molecule has 0 spiro atoms. The largest absolute Gasteiger partial charge is 0.375 e. The lowest BCUT2D eigenvalue weighted by Crippen LogP contribution is -1.81. The second-order valence-corrected chi connectivity index (χ2v) is 5.51. The number of nitrogens with zero attached hydrogens (tertiary/aromatic N) is 1. The molecule has 68 valence electrons. The lowest BCUT2D eigenvalue weighted by atomic mass is 10.3. The summed E-state index contributed by atoms with van der Waals surface area (Å²) in [5.74, 6) is 0. The molecule has 5 heteroatoms. The highest BCUT2D eigenvalue weighted by Gasteiger charge is 2.09. The van der Waals surface area contributed by atoms with Gasteiger partial charge in [0.15, 0.2) is 5.13 Å². The summed E-state index contributed by atoms with van der Waals surface area (Å²) in [6.45, 7) is 2.01. The van der Waals surface area contributed by atoms with Gasteiger partial charge in [-0.2, -0.15) is 0 Å². The van der Waals surface area contributed by atoms with E-state index in [-0.39, 0.29) is 0 Å². The molecule has 2 aromatic rings. The Kier molecular flexibility index (Phi) is 2.27. The molecule has 2 aromatic heterocycles. The highest BCUT2D eigenvalue weighted by atomic mass is 35.5. The number of thiophene rings is 1. The molecule has 0 aromatic carbocycles. The van der Waals surface area contributed by atoms with Crippen LogP contribution in [0.3, 0.4) is 0 Å². The van der Waals surface area contributed by atoms with Gasteiger partial charge in [0.2, 0.25) is 0 Å². The summed E-state index contributed by atoms with van der Waals surface area (Å²) in [6.07, 6.45) is 0. The Hall–Kier alpha value is -0.580. The summed E-state index contributed by atoms with van der Waals surface area (Å²) in [5, 5.41) is 0.608. The number of halogens is 1. The van der Waals surface area contributed by atoms with Crippen LogP contribution in [0.15, 0.2) is 12.1 Å². The zero-order chi connectivity index (χ0) is 9.42. The Bertz CT molecular complexity index is 433. The second kappa shape index (κ2) is 3.29. The third-order valence-electron chi connectivity index (χ3n) is 1.62. The maximum absolute atomic E-state index is 5.83. The first-order valence-electron chi connectivity index (χ1n) is 3.65. The van der Waals surface area contributed by atoms with Crippen LogP contribution < -0.4 is 5.73 Å². The average molecular weight is 231 g/mol.